The highest BCUT2D eigenvalue weighted by atomic mass is 32.2. The molecule has 8 nitrogen and oxygen atoms in total. The number of carbonyl (C=O) groups excluding carboxylic acids is 1. The molecular formula is C8H15N3O5S. The lowest BCUT2D eigenvalue weighted by atomic mass is 9.99. The number of nitrogens with two attached hydrogens (primary N) is 1. The van der Waals surface area contributed by atoms with E-state index in [-0.39, 0.29) is 25.9 Å². The summed E-state index contributed by atoms with van der Waals surface area (Å²) in [6, 6.07) is 0. The Morgan fingerprint density at radius 3 is 2.29 bits per heavy atom. The summed E-state index contributed by atoms with van der Waals surface area (Å²) in [5, 5.41) is 8.76. The van der Waals surface area contributed by atoms with Gasteiger partial charge in [0.2, 0.25) is 5.91 Å². The van der Waals surface area contributed by atoms with E-state index in [1.807, 2.05) is 4.72 Å². The maximum atomic E-state index is 11.6. The SMILES string of the molecule is NC(=O)CNS(=O)(=O)N1CCC(C(=O)O)CC1. The fraction of sp³-hybridized carbons (Fsp3) is 0.750. The van der Waals surface area contributed by atoms with E-state index < -0.39 is 34.5 Å². The van der Waals surface area contributed by atoms with Gasteiger partial charge in [-0.15, -0.1) is 0 Å². The molecule has 17 heavy (non-hydrogen) atoms. The molecule has 1 fully saturated rings. The first kappa shape index (κ1) is 13.9. The van der Waals surface area contributed by atoms with E-state index in [1.54, 1.807) is 0 Å². The number of primary amides is 1. The maximum absolute atomic E-state index is 11.6. The van der Waals surface area contributed by atoms with Gasteiger partial charge >= 0.3 is 5.97 Å². The molecule has 0 aromatic heterocycles. The monoisotopic (exact) mass is 265 g/mol. The highest BCUT2D eigenvalue weighted by Gasteiger charge is 2.30. The van der Waals surface area contributed by atoms with Gasteiger partial charge in [-0.3, -0.25) is 9.59 Å². The lowest BCUT2D eigenvalue weighted by molar-refractivity contribution is -0.142. The van der Waals surface area contributed by atoms with Crippen LogP contribution in [0.1, 0.15) is 12.8 Å². The summed E-state index contributed by atoms with van der Waals surface area (Å²) in [7, 11) is -3.74. The van der Waals surface area contributed by atoms with Crippen LogP contribution in [0.2, 0.25) is 0 Å². The number of carbonyl (C=O) groups is 2. The van der Waals surface area contributed by atoms with Crippen LogP contribution in [0.15, 0.2) is 0 Å². The van der Waals surface area contributed by atoms with E-state index in [4.69, 9.17) is 10.8 Å². The lowest BCUT2D eigenvalue weighted by Crippen LogP contribution is -2.47. The van der Waals surface area contributed by atoms with Crippen LogP contribution in [0.3, 0.4) is 0 Å². The normalized spacial score (nSPS) is 19.1. The van der Waals surface area contributed by atoms with Gasteiger partial charge in [0, 0.05) is 13.1 Å². The quantitative estimate of drug-likeness (QED) is 0.534. The predicted molar refractivity (Wildman–Crippen MR) is 58.0 cm³/mol. The Hall–Kier alpha value is -1.19. The smallest absolute Gasteiger partial charge is 0.306 e. The molecule has 0 bridgehead atoms. The molecule has 0 spiro atoms. The third-order valence-electron chi connectivity index (χ3n) is 2.57. The molecule has 0 aromatic carbocycles. The minimum atomic E-state index is -3.74. The minimum Gasteiger partial charge on any atom is -0.481 e. The summed E-state index contributed by atoms with van der Waals surface area (Å²) in [5.74, 6) is -2.18. The molecule has 0 atom stereocenters. The summed E-state index contributed by atoms with van der Waals surface area (Å²) in [5.41, 5.74) is 4.83. The zero-order valence-electron chi connectivity index (χ0n) is 9.13. The Labute approximate surface area is 99.0 Å². The van der Waals surface area contributed by atoms with E-state index in [0.29, 0.717) is 0 Å². The average molecular weight is 265 g/mol. The molecule has 1 saturated heterocycles. The van der Waals surface area contributed by atoms with Gasteiger partial charge in [0.25, 0.3) is 10.2 Å². The summed E-state index contributed by atoms with van der Waals surface area (Å²) in [6.07, 6.45) is 0.541. The summed E-state index contributed by atoms with van der Waals surface area (Å²) >= 11 is 0. The Morgan fingerprint density at radius 2 is 1.88 bits per heavy atom. The fourth-order valence-electron chi connectivity index (χ4n) is 1.60. The second-order valence-corrected chi connectivity index (χ2v) is 5.56. The number of carboxylic acids is 1. The van der Waals surface area contributed by atoms with Crippen LogP contribution < -0.4 is 10.5 Å². The summed E-state index contributed by atoms with van der Waals surface area (Å²) in [4.78, 5) is 21.2. The van der Waals surface area contributed by atoms with Crippen molar-refractivity contribution < 1.29 is 23.1 Å². The highest BCUT2D eigenvalue weighted by molar-refractivity contribution is 7.87. The van der Waals surface area contributed by atoms with Crippen molar-refractivity contribution in [3.63, 3.8) is 0 Å². The number of piperidine rings is 1. The van der Waals surface area contributed by atoms with E-state index in [9.17, 15) is 18.0 Å². The molecule has 1 aliphatic heterocycles. The first-order valence-corrected chi connectivity index (χ1v) is 6.53. The second kappa shape index (κ2) is 5.43. The van der Waals surface area contributed by atoms with Crippen molar-refractivity contribution in [1.29, 1.82) is 0 Å². The number of aliphatic carboxylic acids is 1. The van der Waals surface area contributed by atoms with Gasteiger partial charge in [0.05, 0.1) is 12.5 Å². The average Bonchev–Trinajstić information content (AvgIpc) is 2.27. The van der Waals surface area contributed by atoms with E-state index in [2.05, 4.69) is 0 Å². The van der Waals surface area contributed by atoms with Crippen LogP contribution in [0.4, 0.5) is 0 Å². The Bertz CT molecular complexity index is 399. The van der Waals surface area contributed by atoms with Crippen molar-refractivity contribution in [2.24, 2.45) is 11.7 Å². The predicted octanol–water partition coefficient (Wildman–Crippen LogP) is -1.90. The Morgan fingerprint density at radius 1 is 1.35 bits per heavy atom. The third-order valence-corrected chi connectivity index (χ3v) is 4.13. The van der Waals surface area contributed by atoms with E-state index in [0.717, 1.165) is 4.31 Å². The maximum Gasteiger partial charge on any atom is 0.306 e. The summed E-state index contributed by atoms with van der Waals surface area (Å²) in [6.45, 7) is -0.197. The van der Waals surface area contributed by atoms with Gasteiger partial charge in [0.15, 0.2) is 0 Å². The number of nitrogens with zero attached hydrogens (tertiary/aromatic N) is 1. The van der Waals surface area contributed by atoms with Gasteiger partial charge in [0.1, 0.15) is 0 Å². The van der Waals surface area contributed by atoms with Crippen LogP contribution in [-0.4, -0.2) is 49.3 Å². The second-order valence-electron chi connectivity index (χ2n) is 3.80. The van der Waals surface area contributed by atoms with E-state index >= 15 is 0 Å². The third kappa shape index (κ3) is 3.95. The van der Waals surface area contributed by atoms with Gasteiger partial charge < -0.3 is 10.8 Å². The van der Waals surface area contributed by atoms with Gasteiger partial charge in [-0.2, -0.15) is 17.4 Å². The first-order valence-electron chi connectivity index (χ1n) is 5.09. The van der Waals surface area contributed by atoms with Gasteiger partial charge in [-0.1, -0.05) is 0 Å². The molecule has 0 saturated carbocycles. The minimum absolute atomic E-state index is 0.130. The largest absolute Gasteiger partial charge is 0.481 e. The van der Waals surface area contributed by atoms with Crippen LogP contribution in [0, 0.1) is 5.92 Å². The van der Waals surface area contributed by atoms with Crippen LogP contribution in [-0.2, 0) is 19.8 Å². The number of hydrogen-bond donors (Lipinski definition) is 3. The zero-order chi connectivity index (χ0) is 13.1. The molecular weight excluding hydrogens is 250 g/mol. The molecule has 0 aromatic rings. The molecule has 1 amide bonds. The topological polar surface area (TPSA) is 130 Å². The van der Waals surface area contributed by atoms with Crippen LogP contribution in [0.5, 0.6) is 0 Å². The number of nitrogens with one attached hydrogen (secondary N) is 1. The molecule has 9 heteroatoms. The van der Waals surface area contributed by atoms with Crippen LogP contribution >= 0.6 is 0 Å². The molecule has 1 rings (SSSR count). The molecule has 1 heterocycles. The van der Waals surface area contributed by atoms with Crippen molar-refractivity contribution in [2.75, 3.05) is 19.6 Å². The van der Waals surface area contributed by atoms with Crippen molar-refractivity contribution in [3.05, 3.63) is 0 Å². The number of carboxylic acid groups (broad SMARTS) is 1. The first-order chi connectivity index (χ1) is 7.83. The molecule has 0 aliphatic carbocycles. The molecule has 1 aliphatic rings. The molecule has 4 N–H and O–H groups in total. The molecule has 0 radical (unpaired) electrons. The van der Waals surface area contributed by atoms with Crippen molar-refractivity contribution in [3.8, 4) is 0 Å². The molecule has 98 valence electrons. The Kier molecular flexibility index (Phi) is 4.43. The number of amides is 1. The lowest BCUT2D eigenvalue weighted by Gasteiger charge is -2.29. The van der Waals surface area contributed by atoms with Crippen molar-refractivity contribution in [2.45, 2.75) is 12.8 Å². The van der Waals surface area contributed by atoms with E-state index in [1.165, 1.54) is 0 Å². The zero-order valence-corrected chi connectivity index (χ0v) is 9.94. The van der Waals surface area contributed by atoms with Crippen molar-refractivity contribution >= 4 is 22.1 Å². The number of rotatable bonds is 5. The highest BCUT2D eigenvalue weighted by Crippen LogP contribution is 2.18. The van der Waals surface area contributed by atoms with Crippen molar-refractivity contribution in [1.82, 2.24) is 9.03 Å². The van der Waals surface area contributed by atoms with Crippen LogP contribution in [0.25, 0.3) is 0 Å². The molecule has 0 unspecified atom stereocenters. The standard InChI is InChI=1S/C8H15N3O5S/c9-7(12)5-10-17(15,16)11-3-1-6(2-4-11)8(13)14/h6,10H,1-5H2,(H2,9,12)(H,13,14). The van der Waals surface area contributed by atoms with Gasteiger partial charge in [-0.25, -0.2) is 0 Å². The van der Waals surface area contributed by atoms with Gasteiger partial charge in [-0.05, 0) is 12.8 Å². The summed E-state index contributed by atoms with van der Waals surface area (Å²) < 4.78 is 26.4. The Balaban J connectivity index is 2.52. The fourth-order valence-corrected chi connectivity index (χ4v) is 2.80. The number of hydrogen-bond acceptors (Lipinski definition) is 4.